The fraction of sp³-hybridized carbons (Fsp3) is 0.559. The smallest absolute Gasteiger partial charge is 0.387 e. The lowest BCUT2D eigenvalue weighted by Crippen LogP contribution is -2.45. The molecule has 15 N–H and O–H groups in total. The molecule has 43 heteroatoms. The van der Waals surface area contributed by atoms with Gasteiger partial charge in [0.2, 0.25) is 11.5 Å². The van der Waals surface area contributed by atoms with E-state index in [1.807, 2.05) is 0 Å². The van der Waals surface area contributed by atoms with E-state index in [2.05, 4.69) is 48.5 Å². The molecule has 39 nitrogen and oxygen atoms in total. The van der Waals surface area contributed by atoms with Gasteiger partial charge in [-0.2, -0.15) is 13.6 Å². The van der Waals surface area contributed by atoms with E-state index < -0.39 is 136 Å². The second-order valence-electron chi connectivity index (χ2n) is 17.1. The Morgan fingerprint density at radius 2 is 1.22 bits per heavy atom. The number of ether oxygens (including phenoxy) is 5. The summed E-state index contributed by atoms with van der Waals surface area (Å²) in [5.74, 6) is -0.592. The van der Waals surface area contributed by atoms with Crippen molar-refractivity contribution < 1.29 is 108 Å². The van der Waals surface area contributed by atoms with Crippen LogP contribution in [0.15, 0.2) is 34.9 Å². The van der Waals surface area contributed by atoms with E-state index in [9.17, 15) is 62.7 Å². The van der Waals surface area contributed by atoms with Gasteiger partial charge in [-0.05, 0) is 0 Å². The van der Waals surface area contributed by atoms with E-state index in [4.69, 9.17) is 59.0 Å². The zero-order valence-electron chi connectivity index (χ0n) is 39.6. The standard InChI is InChI=1S/C34H47N15O24P4/c1-46-11-47(28-18(46)30(54)45-34(37)43-28)4-12-20(51)22(63-2)14(68-12)6-66-75(57,58)72-77(61,62)73-76(59,60)67-7-15-23(24(64-3)32(70-15)48-9-40-16-25(35)38-8-39-26(16)48)71-74(55,56)65-5-13-19(50)21(52)31(69-13)49-10-41-17-27(49)42-33(36)44-29(17)53/h8-15,19-24,31-32,50-52H,4-7H2,1-3H3,(H11-,35,36,37,38,39,42,43,44,45,53,54,55,56,57,58,59,60,61,62)/p+1/t12-,13+,14+,15+,19?,20?,21-,22-,23?,24-,31+,32+/m0/s1. The number of aliphatic hydroxyl groups excluding tert-OH is 3. The maximum Gasteiger partial charge on any atom is 0.490 e. The average molecular weight is 1170 g/mol. The zero-order valence-corrected chi connectivity index (χ0v) is 43.2. The van der Waals surface area contributed by atoms with Gasteiger partial charge < -0.3 is 75.8 Å². The lowest BCUT2D eigenvalue weighted by molar-refractivity contribution is -0.682. The molecule has 6 aromatic heterocycles. The minimum absolute atomic E-state index is 0.0163. The van der Waals surface area contributed by atoms with Crippen molar-refractivity contribution in [2.24, 2.45) is 7.05 Å². The fourth-order valence-electron chi connectivity index (χ4n) is 8.77. The number of rotatable bonds is 21. The Hall–Kier alpha value is -5.15. The minimum Gasteiger partial charge on any atom is -0.387 e. The number of hydrogen-bond acceptors (Lipinski definition) is 29. The van der Waals surface area contributed by atoms with Gasteiger partial charge in [-0.25, -0.2) is 42.8 Å². The first-order valence-corrected chi connectivity index (χ1v) is 28.0. The zero-order chi connectivity index (χ0) is 55.7. The van der Waals surface area contributed by atoms with Gasteiger partial charge in [0.15, 0.2) is 41.4 Å². The molecule has 6 aromatic rings. The first-order chi connectivity index (χ1) is 36.2. The highest BCUT2D eigenvalue weighted by molar-refractivity contribution is 7.66. The van der Waals surface area contributed by atoms with Gasteiger partial charge in [0.05, 0.1) is 39.5 Å². The highest BCUT2D eigenvalue weighted by Crippen LogP contribution is 2.68. The molecule has 0 amide bonds. The van der Waals surface area contributed by atoms with Gasteiger partial charge in [-0.15, -0.1) is 0 Å². The van der Waals surface area contributed by atoms with E-state index in [0.29, 0.717) is 0 Å². The molecule has 0 spiro atoms. The second-order valence-corrected chi connectivity index (χ2v) is 23.1. The van der Waals surface area contributed by atoms with Gasteiger partial charge in [0, 0.05) is 14.2 Å². The van der Waals surface area contributed by atoms with Crippen molar-refractivity contribution in [1.82, 2.24) is 53.6 Å². The number of nitrogen functional groups attached to an aromatic ring is 3. The molecule has 3 aliphatic rings. The Morgan fingerprint density at radius 1 is 0.649 bits per heavy atom. The number of aryl methyl sites for hydroxylation is 1. The van der Waals surface area contributed by atoms with Crippen molar-refractivity contribution in [1.29, 1.82) is 0 Å². The second kappa shape index (κ2) is 21.5. The molecule has 0 bridgehead atoms. The number of nitrogens with zero attached hydrogens (tertiary/aromatic N) is 10. The van der Waals surface area contributed by atoms with E-state index in [1.165, 1.54) is 27.1 Å². The number of phosphoric acid groups is 4. The highest BCUT2D eigenvalue weighted by atomic mass is 31.3. The molecule has 9 rings (SSSR count). The van der Waals surface area contributed by atoms with Crippen molar-refractivity contribution in [3.8, 4) is 0 Å². The van der Waals surface area contributed by atoms with Crippen molar-refractivity contribution in [2.45, 2.75) is 80.0 Å². The number of aromatic nitrogens is 12. The number of fused-ring (bicyclic) bond motifs is 3. The van der Waals surface area contributed by atoms with E-state index in [0.717, 1.165) is 30.7 Å². The summed E-state index contributed by atoms with van der Waals surface area (Å²) >= 11 is 0. The number of methoxy groups -OCH3 is 2. The number of hydrogen-bond donors (Lipinski definition) is 12. The molecule has 3 fully saturated rings. The maximum absolute atomic E-state index is 13.7. The Bertz CT molecular complexity index is 3510. The number of nitrogens with one attached hydrogen (secondary N) is 2. The first kappa shape index (κ1) is 56.6. The third-order valence-corrected chi connectivity index (χ3v) is 17.3. The summed E-state index contributed by atoms with van der Waals surface area (Å²) in [5.41, 5.74) is 16.0. The molecule has 3 aliphatic heterocycles. The molecular formula is C34H48N15O24P4+. The molecular weight excluding hydrogens is 1130 g/mol. The molecule has 16 atom stereocenters. The van der Waals surface area contributed by atoms with Gasteiger partial charge in [0.1, 0.15) is 79.4 Å². The Morgan fingerprint density at radius 3 is 1.88 bits per heavy atom. The van der Waals surface area contributed by atoms with Gasteiger partial charge in [0.25, 0.3) is 17.1 Å². The molecule has 77 heavy (non-hydrogen) atoms. The van der Waals surface area contributed by atoms with E-state index in [-0.39, 0.29) is 57.8 Å². The van der Waals surface area contributed by atoms with Crippen LogP contribution in [-0.4, -0.2) is 184 Å². The average Bonchev–Trinajstić information content (AvgIpc) is 4.19. The Labute approximate surface area is 427 Å². The van der Waals surface area contributed by atoms with Crippen LogP contribution in [0.4, 0.5) is 17.7 Å². The monoisotopic (exact) mass is 1170 g/mol. The molecule has 0 radical (unpaired) electrons. The lowest BCUT2D eigenvalue weighted by Gasteiger charge is -2.26. The minimum atomic E-state index is -6.16. The SMILES string of the molecule is CO[C@@H]1C(O)[C@H](C[n+]2cn(C)c3c(=O)[nH]c(N)nc32)O[C@@H]1COP(=O)(O)OP(=O)(O)OP(=O)(O)OC[C@H]1O[C@@H](n2cnc3c(N)ncnc32)[C@@H](OC)C1OP(=O)(O)OC[C@H]1O[C@@H](n2cnc3c(=O)[nH]c(N)nc32)[C@@H](O)C1O. The van der Waals surface area contributed by atoms with Gasteiger partial charge in [-0.3, -0.25) is 51.4 Å². The van der Waals surface area contributed by atoms with Gasteiger partial charge in [-0.1, -0.05) is 4.98 Å². The molecule has 422 valence electrons. The van der Waals surface area contributed by atoms with Gasteiger partial charge >= 0.3 is 36.9 Å². The number of nitrogens with two attached hydrogens (primary N) is 3. The van der Waals surface area contributed by atoms with Crippen LogP contribution in [0, 0.1) is 0 Å². The number of aliphatic hydroxyl groups is 3. The number of imidazole rings is 3. The summed E-state index contributed by atoms with van der Waals surface area (Å²) in [5, 5.41) is 32.8. The highest BCUT2D eigenvalue weighted by Gasteiger charge is 2.53. The van der Waals surface area contributed by atoms with Crippen LogP contribution in [0.3, 0.4) is 0 Å². The molecule has 0 saturated carbocycles. The predicted octanol–water partition coefficient (Wildman–Crippen LogP) is -4.19. The van der Waals surface area contributed by atoms with Crippen LogP contribution in [0.25, 0.3) is 33.5 Å². The van der Waals surface area contributed by atoms with Crippen LogP contribution in [0.1, 0.15) is 12.5 Å². The number of H-pyrrole nitrogens is 2. The molecule has 0 aliphatic carbocycles. The van der Waals surface area contributed by atoms with E-state index in [1.54, 1.807) is 7.05 Å². The first-order valence-electron chi connectivity index (χ1n) is 22.0. The normalized spacial score (nSPS) is 30.0. The third-order valence-electron chi connectivity index (χ3n) is 12.1. The molecule has 3 saturated heterocycles. The van der Waals surface area contributed by atoms with Crippen LogP contribution in [-0.2, 0) is 82.3 Å². The van der Waals surface area contributed by atoms with Crippen molar-refractivity contribution in [3.05, 3.63) is 46.0 Å². The lowest BCUT2D eigenvalue weighted by atomic mass is 10.1. The third kappa shape index (κ3) is 11.6. The van der Waals surface area contributed by atoms with Crippen molar-refractivity contribution in [3.63, 3.8) is 0 Å². The van der Waals surface area contributed by atoms with Crippen molar-refractivity contribution in [2.75, 3.05) is 51.2 Å². The summed E-state index contributed by atoms with van der Waals surface area (Å²) < 4.78 is 115. The maximum atomic E-state index is 13.7. The Kier molecular flexibility index (Phi) is 15.8. The Balaban J connectivity index is 0.854. The van der Waals surface area contributed by atoms with Crippen LogP contribution < -0.4 is 32.9 Å². The largest absolute Gasteiger partial charge is 0.490 e. The summed E-state index contributed by atoms with van der Waals surface area (Å²) in [6.45, 7) is -3.37. The summed E-state index contributed by atoms with van der Waals surface area (Å²) in [7, 11) is -19.5. The predicted molar refractivity (Wildman–Crippen MR) is 249 cm³/mol. The number of aromatic amines is 2. The summed E-state index contributed by atoms with van der Waals surface area (Å²) in [6.07, 6.45) is -13.8. The van der Waals surface area contributed by atoms with Crippen molar-refractivity contribution >= 4 is 82.5 Å². The topological polar surface area (TPSA) is 551 Å². The quantitative estimate of drug-likeness (QED) is 0.0240. The molecule has 0 aromatic carbocycles. The number of anilines is 3. The summed E-state index contributed by atoms with van der Waals surface area (Å²) in [4.78, 5) is 96.1. The van der Waals surface area contributed by atoms with Crippen LogP contribution in [0.2, 0.25) is 0 Å². The number of phosphoric ester groups is 3. The molecule has 9 heterocycles. The van der Waals surface area contributed by atoms with Crippen LogP contribution >= 0.6 is 31.3 Å². The van der Waals surface area contributed by atoms with Crippen LogP contribution in [0.5, 0.6) is 0 Å². The van der Waals surface area contributed by atoms with E-state index >= 15 is 0 Å². The fourth-order valence-corrected chi connectivity index (χ4v) is 13.2. The molecule has 7 unspecified atom stereocenters. The summed E-state index contributed by atoms with van der Waals surface area (Å²) in [6, 6.07) is 0.